The second-order valence-electron chi connectivity index (χ2n) is 4.23. The third kappa shape index (κ3) is 3.17. The Morgan fingerprint density at radius 1 is 1.10 bits per heavy atom. The third-order valence-electron chi connectivity index (χ3n) is 2.76. The number of nitrogen functional groups attached to an aromatic ring is 1. The molecule has 0 atom stereocenters. The Bertz CT molecular complexity index is 720. The van der Waals surface area contributed by atoms with E-state index in [4.69, 9.17) is 28.9 Å². The fraction of sp³-hybridized carbons (Fsp3) is 0.0769. The van der Waals surface area contributed by atoms with Gasteiger partial charge in [0.1, 0.15) is 0 Å². The van der Waals surface area contributed by atoms with Gasteiger partial charge in [0.05, 0.1) is 4.90 Å². The Hall–Kier alpha value is -1.43. The van der Waals surface area contributed by atoms with E-state index in [0.29, 0.717) is 27.0 Å². The molecule has 7 heteroatoms. The Labute approximate surface area is 127 Å². The van der Waals surface area contributed by atoms with Gasteiger partial charge in [0.25, 0.3) is 10.0 Å². The molecule has 2 rings (SSSR count). The largest absolute Gasteiger partial charge is 0.398 e. The van der Waals surface area contributed by atoms with Crippen LogP contribution in [0.3, 0.4) is 0 Å². The highest BCUT2D eigenvalue weighted by molar-refractivity contribution is 7.92. The lowest BCUT2D eigenvalue weighted by Gasteiger charge is -2.11. The molecule has 0 aliphatic rings. The minimum atomic E-state index is -3.75. The van der Waals surface area contributed by atoms with E-state index in [0.717, 1.165) is 0 Å². The second-order valence-corrected chi connectivity index (χ2v) is 6.76. The molecule has 0 bridgehead atoms. The van der Waals surface area contributed by atoms with E-state index in [-0.39, 0.29) is 4.90 Å². The zero-order valence-corrected chi connectivity index (χ0v) is 12.9. The van der Waals surface area contributed by atoms with Crippen molar-refractivity contribution < 1.29 is 8.42 Å². The lowest BCUT2D eigenvalue weighted by molar-refractivity contribution is 0.601. The molecule has 106 valence electrons. The SMILES string of the molecule is Cc1c(N)cc(S(=O)(=O)Nc2ccc(Cl)cc2)cc1Cl. The number of hydrogen-bond donors (Lipinski definition) is 2. The molecule has 0 amide bonds. The van der Waals surface area contributed by atoms with Crippen molar-refractivity contribution in [1.82, 2.24) is 0 Å². The van der Waals surface area contributed by atoms with Crippen LogP contribution in [0, 0.1) is 6.92 Å². The summed E-state index contributed by atoms with van der Waals surface area (Å²) in [6.45, 7) is 1.72. The average Bonchev–Trinajstić information content (AvgIpc) is 2.38. The van der Waals surface area contributed by atoms with Crippen LogP contribution in [0.5, 0.6) is 0 Å². The lowest BCUT2D eigenvalue weighted by Crippen LogP contribution is -2.13. The molecule has 0 unspecified atom stereocenters. The van der Waals surface area contributed by atoms with E-state index >= 15 is 0 Å². The van der Waals surface area contributed by atoms with Crippen LogP contribution in [0.4, 0.5) is 11.4 Å². The highest BCUT2D eigenvalue weighted by Crippen LogP contribution is 2.27. The average molecular weight is 331 g/mol. The van der Waals surface area contributed by atoms with Crippen LogP contribution >= 0.6 is 23.2 Å². The molecule has 0 heterocycles. The highest BCUT2D eigenvalue weighted by atomic mass is 35.5. The minimum absolute atomic E-state index is 0.0144. The van der Waals surface area contributed by atoms with Gasteiger partial charge in [0, 0.05) is 21.4 Å². The molecular weight excluding hydrogens is 319 g/mol. The second kappa shape index (κ2) is 5.52. The first-order valence-corrected chi connectivity index (χ1v) is 7.87. The quantitative estimate of drug-likeness (QED) is 0.843. The van der Waals surface area contributed by atoms with Gasteiger partial charge in [0.2, 0.25) is 0 Å². The molecule has 20 heavy (non-hydrogen) atoms. The van der Waals surface area contributed by atoms with Crippen LogP contribution in [-0.4, -0.2) is 8.42 Å². The van der Waals surface area contributed by atoms with Gasteiger partial charge in [-0.05, 0) is 48.9 Å². The van der Waals surface area contributed by atoms with Gasteiger partial charge in [-0.1, -0.05) is 23.2 Å². The lowest BCUT2D eigenvalue weighted by atomic mass is 10.2. The van der Waals surface area contributed by atoms with Gasteiger partial charge in [-0.15, -0.1) is 0 Å². The first kappa shape index (κ1) is 15.0. The summed E-state index contributed by atoms with van der Waals surface area (Å²) >= 11 is 11.7. The van der Waals surface area contributed by atoms with Crippen LogP contribution < -0.4 is 10.5 Å². The summed E-state index contributed by atoms with van der Waals surface area (Å²) in [5, 5.41) is 0.831. The number of benzene rings is 2. The predicted molar refractivity (Wildman–Crippen MR) is 82.9 cm³/mol. The Morgan fingerprint density at radius 2 is 1.70 bits per heavy atom. The van der Waals surface area contributed by atoms with E-state index in [2.05, 4.69) is 4.72 Å². The number of sulfonamides is 1. The summed E-state index contributed by atoms with van der Waals surface area (Å²) in [5.41, 5.74) is 7.12. The van der Waals surface area contributed by atoms with Gasteiger partial charge < -0.3 is 5.73 Å². The molecule has 3 N–H and O–H groups in total. The summed E-state index contributed by atoms with van der Waals surface area (Å²) in [5.74, 6) is 0. The topological polar surface area (TPSA) is 72.2 Å². The van der Waals surface area contributed by atoms with Gasteiger partial charge >= 0.3 is 0 Å². The number of rotatable bonds is 3. The maximum atomic E-state index is 12.2. The molecule has 0 aromatic heterocycles. The van der Waals surface area contributed by atoms with Crippen molar-refractivity contribution in [3.05, 3.63) is 52.0 Å². The Kier molecular flexibility index (Phi) is 4.13. The van der Waals surface area contributed by atoms with Crippen LogP contribution in [-0.2, 0) is 10.0 Å². The predicted octanol–water partition coefficient (Wildman–Crippen LogP) is 3.68. The first-order chi connectivity index (χ1) is 9.29. The van der Waals surface area contributed by atoms with Crippen LogP contribution in [0.1, 0.15) is 5.56 Å². The summed E-state index contributed by atoms with van der Waals surface area (Å²) in [4.78, 5) is 0.0144. The van der Waals surface area contributed by atoms with Crippen molar-refractivity contribution >= 4 is 44.6 Å². The van der Waals surface area contributed by atoms with Crippen LogP contribution in [0.15, 0.2) is 41.3 Å². The van der Waals surface area contributed by atoms with E-state index in [1.807, 2.05) is 0 Å². The van der Waals surface area contributed by atoms with Crippen molar-refractivity contribution in [1.29, 1.82) is 0 Å². The Morgan fingerprint density at radius 3 is 2.25 bits per heavy atom. The van der Waals surface area contributed by atoms with Crippen molar-refractivity contribution in [3.8, 4) is 0 Å². The smallest absolute Gasteiger partial charge is 0.262 e. The number of hydrogen-bond acceptors (Lipinski definition) is 3. The monoisotopic (exact) mass is 330 g/mol. The van der Waals surface area contributed by atoms with Gasteiger partial charge in [-0.2, -0.15) is 0 Å². The van der Waals surface area contributed by atoms with Crippen molar-refractivity contribution in [2.45, 2.75) is 11.8 Å². The van der Waals surface area contributed by atoms with Crippen molar-refractivity contribution in [2.75, 3.05) is 10.5 Å². The molecule has 0 saturated heterocycles. The Balaban J connectivity index is 2.38. The van der Waals surface area contributed by atoms with Gasteiger partial charge in [-0.25, -0.2) is 8.42 Å². The highest BCUT2D eigenvalue weighted by Gasteiger charge is 2.17. The van der Waals surface area contributed by atoms with Crippen molar-refractivity contribution in [2.24, 2.45) is 0 Å². The standard InChI is InChI=1S/C13H12Cl2N2O2S/c1-8-12(15)6-11(7-13(8)16)20(18,19)17-10-4-2-9(14)3-5-10/h2-7,17H,16H2,1H3. The van der Waals surface area contributed by atoms with Gasteiger partial charge in [-0.3, -0.25) is 4.72 Å². The summed E-state index contributed by atoms with van der Waals surface area (Å²) < 4.78 is 26.9. The molecule has 0 aliphatic heterocycles. The number of halogens is 2. The number of nitrogens with two attached hydrogens (primary N) is 1. The van der Waals surface area contributed by atoms with Crippen LogP contribution in [0.2, 0.25) is 10.0 Å². The van der Waals surface area contributed by atoms with E-state index in [9.17, 15) is 8.42 Å². The van der Waals surface area contributed by atoms with E-state index in [1.54, 1.807) is 31.2 Å². The number of anilines is 2. The number of nitrogens with one attached hydrogen (secondary N) is 1. The van der Waals surface area contributed by atoms with E-state index < -0.39 is 10.0 Å². The molecule has 0 aliphatic carbocycles. The fourth-order valence-corrected chi connectivity index (χ4v) is 3.10. The normalized spacial score (nSPS) is 11.3. The first-order valence-electron chi connectivity index (χ1n) is 5.63. The third-order valence-corrected chi connectivity index (χ3v) is 4.77. The molecule has 0 spiro atoms. The fourth-order valence-electron chi connectivity index (χ4n) is 1.56. The molecule has 4 nitrogen and oxygen atoms in total. The zero-order chi connectivity index (χ0) is 14.9. The summed E-state index contributed by atoms with van der Waals surface area (Å²) in [6.07, 6.45) is 0. The maximum Gasteiger partial charge on any atom is 0.262 e. The summed E-state index contributed by atoms with van der Waals surface area (Å²) in [7, 11) is -3.75. The molecule has 2 aromatic rings. The minimum Gasteiger partial charge on any atom is -0.398 e. The molecular formula is C13H12Cl2N2O2S. The molecule has 0 saturated carbocycles. The van der Waals surface area contributed by atoms with Gasteiger partial charge in [0.15, 0.2) is 0 Å². The molecule has 0 fully saturated rings. The van der Waals surface area contributed by atoms with Crippen LogP contribution in [0.25, 0.3) is 0 Å². The maximum absolute atomic E-state index is 12.2. The summed E-state index contributed by atoms with van der Waals surface area (Å²) in [6, 6.07) is 9.06. The van der Waals surface area contributed by atoms with Crippen molar-refractivity contribution in [3.63, 3.8) is 0 Å². The molecule has 0 radical (unpaired) electrons. The zero-order valence-electron chi connectivity index (χ0n) is 10.5. The molecule has 2 aromatic carbocycles. The van der Waals surface area contributed by atoms with E-state index in [1.165, 1.54) is 12.1 Å².